The molecule has 7 fully saturated rings. The second-order valence-electron chi connectivity index (χ2n) is 12.7. The average Bonchev–Trinajstić information content (AvgIpc) is 3.34. The van der Waals surface area contributed by atoms with E-state index in [0.717, 1.165) is 64.1 Å². The van der Waals surface area contributed by atoms with E-state index in [1.165, 1.54) is 4.90 Å². The van der Waals surface area contributed by atoms with Crippen molar-refractivity contribution in [2.75, 3.05) is 39.4 Å². The number of hydrogen-bond acceptors (Lipinski definition) is 8. The van der Waals surface area contributed by atoms with Crippen molar-refractivity contribution in [2.45, 2.75) is 100 Å². The third-order valence-electron chi connectivity index (χ3n) is 10.6. The first kappa shape index (κ1) is 28.4. The number of nitrogens with zero attached hydrogens (tertiary/aromatic N) is 1. The molecule has 9 nitrogen and oxygen atoms in total. The van der Waals surface area contributed by atoms with Crippen molar-refractivity contribution in [2.24, 2.45) is 10.8 Å². The van der Waals surface area contributed by atoms with Crippen LogP contribution in [-0.2, 0) is 28.7 Å². The summed E-state index contributed by atoms with van der Waals surface area (Å²) in [6.45, 7) is 0.0328. The summed E-state index contributed by atoms with van der Waals surface area (Å²) in [5, 5.41) is 6.68. The zero-order valence-electron chi connectivity index (χ0n) is 22.7. The van der Waals surface area contributed by atoms with E-state index in [4.69, 9.17) is 9.47 Å². The third-order valence-corrected chi connectivity index (χ3v) is 10.6. The number of halogens is 2. The Kier molecular flexibility index (Phi) is 7.78. The van der Waals surface area contributed by atoms with Gasteiger partial charge in [0.05, 0.1) is 30.5 Å². The molecule has 0 radical (unpaired) electrons. The Morgan fingerprint density at radius 3 is 1.59 bits per heavy atom. The first-order valence-corrected chi connectivity index (χ1v) is 14.5. The maximum atomic E-state index is 13.4. The number of fused-ring (bicyclic) bond motifs is 6. The van der Waals surface area contributed by atoms with Gasteiger partial charge in [0.15, 0.2) is 0 Å². The molecule has 6 saturated carbocycles. The van der Waals surface area contributed by atoms with E-state index >= 15 is 0 Å². The van der Waals surface area contributed by atoms with Gasteiger partial charge in [0.1, 0.15) is 19.5 Å². The highest BCUT2D eigenvalue weighted by atomic mass is 19.3. The van der Waals surface area contributed by atoms with Gasteiger partial charge in [-0.1, -0.05) is 0 Å². The quantitative estimate of drug-likeness (QED) is 0.228. The molecule has 7 aliphatic rings. The molecular weight excluding hydrogens is 512 g/mol. The standard InChI is InChI=1S/C28H41F2N3O6/c29-28(30)13-15-33(20-28)21(35)19-32-27-10-4-25(5-11-27,6-12-27)23(37)39-18-17-38-22(36)24-1-7-26(8-2-24,9-3-24)31-14-16-34/h16,31-32H,1-15,17-20H2. The molecule has 0 spiro atoms. The molecule has 7 rings (SSSR count). The van der Waals surface area contributed by atoms with Crippen molar-refractivity contribution in [3.05, 3.63) is 0 Å². The van der Waals surface area contributed by atoms with Crippen LogP contribution in [0.4, 0.5) is 8.78 Å². The van der Waals surface area contributed by atoms with Gasteiger partial charge in [-0.05, 0) is 77.0 Å². The molecule has 2 N–H and O–H groups in total. The lowest BCUT2D eigenvalue weighted by molar-refractivity contribution is -0.173. The summed E-state index contributed by atoms with van der Waals surface area (Å²) in [6.07, 6.45) is 9.52. The summed E-state index contributed by atoms with van der Waals surface area (Å²) >= 11 is 0. The second-order valence-corrected chi connectivity index (χ2v) is 12.7. The summed E-state index contributed by atoms with van der Waals surface area (Å²) in [7, 11) is 0. The fourth-order valence-electron chi connectivity index (χ4n) is 7.67. The highest BCUT2D eigenvalue weighted by molar-refractivity contribution is 5.79. The van der Waals surface area contributed by atoms with Gasteiger partial charge in [0, 0.05) is 24.0 Å². The summed E-state index contributed by atoms with van der Waals surface area (Å²) in [6, 6.07) is 0. The Bertz CT molecular complexity index is 939. The largest absolute Gasteiger partial charge is 0.462 e. The van der Waals surface area contributed by atoms with Crippen LogP contribution < -0.4 is 10.6 Å². The minimum atomic E-state index is -2.80. The predicted octanol–water partition coefficient (Wildman–Crippen LogP) is 2.50. The number of hydrogen-bond donors (Lipinski definition) is 2. The van der Waals surface area contributed by atoms with Crippen molar-refractivity contribution in [3.63, 3.8) is 0 Å². The molecule has 6 aliphatic carbocycles. The summed E-state index contributed by atoms with van der Waals surface area (Å²) in [5.41, 5.74) is -1.29. The molecule has 1 heterocycles. The van der Waals surface area contributed by atoms with Crippen LogP contribution >= 0.6 is 0 Å². The Balaban J connectivity index is 1.01. The molecule has 39 heavy (non-hydrogen) atoms. The van der Waals surface area contributed by atoms with Gasteiger partial charge in [0.2, 0.25) is 5.91 Å². The fourth-order valence-corrected chi connectivity index (χ4v) is 7.67. The third kappa shape index (κ3) is 5.71. The number of esters is 2. The number of aldehydes is 1. The first-order chi connectivity index (χ1) is 18.5. The molecule has 0 aromatic carbocycles. The van der Waals surface area contributed by atoms with E-state index in [9.17, 15) is 28.0 Å². The van der Waals surface area contributed by atoms with Crippen molar-refractivity contribution in [3.8, 4) is 0 Å². The molecule has 0 aromatic rings. The number of likely N-dealkylation sites (tertiary alicyclic amines) is 1. The predicted molar refractivity (Wildman–Crippen MR) is 136 cm³/mol. The van der Waals surface area contributed by atoms with Gasteiger partial charge in [0.25, 0.3) is 5.92 Å². The summed E-state index contributed by atoms with van der Waals surface area (Å²) in [5.74, 6) is -3.55. The lowest BCUT2D eigenvalue weighted by atomic mass is 9.57. The Morgan fingerprint density at radius 2 is 1.18 bits per heavy atom. The molecule has 4 bridgehead atoms. The van der Waals surface area contributed by atoms with Crippen LogP contribution in [0.15, 0.2) is 0 Å². The van der Waals surface area contributed by atoms with Gasteiger partial charge >= 0.3 is 11.9 Å². The van der Waals surface area contributed by atoms with E-state index in [-0.39, 0.29) is 61.6 Å². The normalized spacial score (nSPS) is 36.5. The molecule has 11 heteroatoms. The SMILES string of the molecule is O=CCNC12CCC(C(=O)OCCOC(=O)C34CCC(NCC(=O)N5CCC(F)(F)C5)(CC3)CC4)(CC1)CC2. The van der Waals surface area contributed by atoms with Crippen LogP contribution in [0.5, 0.6) is 0 Å². The van der Waals surface area contributed by atoms with Crippen molar-refractivity contribution in [1.82, 2.24) is 15.5 Å². The molecule has 218 valence electrons. The average molecular weight is 554 g/mol. The van der Waals surface area contributed by atoms with Crippen molar-refractivity contribution >= 4 is 24.1 Å². The van der Waals surface area contributed by atoms with Crippen LogP contribution in [-0.4, -0.2) is 85.4 Å². The smallest absolute Gasteiger partial charge is 0.312 e. The minimum Gasteiger partial charge on any atom is -0.462 e. The van der Waals surface area contributed by atoms with Crippen molar-refractivity contribution < 1.29 is 37.4 Å². The van der Waals surface area contributed by atoms with Crippen LogP contribution in [0.25, 0.3) is 0 Å². The van der Waals surface area contributed by atoms with Crippen molar-refractivity contribution in [1.29, 1.82) is 0 Å². The molecule has 1 saturated heterocycles. The zero-order chi connectivity index (χ0) is 27.8. The monoisotopic (exact) mass is 553 g/mol. The molecule has 1 aliphatic heterocycles. The Labute approximate surface area is 228 Å². The summed E-state index contributed by atoms with van der Waals surface area (Å²) < 4.78 is 38.0. The summed E-state index contributed by atoms with van der Waals surface area (Å²) in [4.78, 5) is 50.3. The lowest BCUT2D eigenvalue weighted by Gasteiger charge is -2.52. The lowest BCUT2D eigenvalue weighted by Crippen LogP contribution is -2.58. The number of nitrogens with one attached hydrogen (secondary N) is 2. The van der Waals surface area contributed by atoms with Gasteiger partial charge < -0.3 is 29.8 Å². The van der Waals surface area contributed by atoms with Gasteiger partial charge in [-0.3, -0.25) is 14.4 Å². The van der Waals surface area contributed by atoms with E-state index < -0.39 is 23.3 Å². The first-order valence-electron chi connectivity index (χ1n) is 14.5. The molecule has 0 atom stereocenters. The maximum absolute atomic E-state index is 13.4. The van der Waals surface area contributed by atoms with E-state index in [1.54, 1.807) is 0 Å². The maximum Gasteiger partial charge on any atom is 0.312 e. The molecule has 0 aromatic heterocycles. The van der Waals surface area contributed by atoms with E-state index in [0.29, 0.717) is 25.8 Å². The highest BCUT2D eigenvalue weighted by Crippen LogP contribution is 2.54. The number of rotatable bonds is 11. The fraction of sp³-hybridized carbons (Fsp3) is 0.857. The number of ether oxygens (including phenoxy) is 2. The number of carbonyl (C=O) groups excluding carboxylic acids is 4. The van der Waals surface area contributed by atoms with Crippen LogP contribution in [0.3, 0.4) is 0 Å². The number of amides is 1. The Morgan fingerprint density at radius 1 is 0.718 bits per heavy atom. The topological polar surface area (TPSA) is 114 Å². The van der Waals surface area contributed by atoms with E-state index in [1.807, 2.05) is 0 Å². The molecular formula is C28H41F2N3O6. The molecule has 1 amide bonds. The molecule has 0 unspecified atom stereocenters. The van der Waals surface area contributed by atoms with Crippen LogP contribution in [0, 0.1) is 10.8 Å². The van der Waals surface area contributed by atoms with Gasteiger partial charge in [-0.25, -0.2) is 8.78 Å². The highest BCUT2D eigenvalue weighted by Gasteiger charge is 2.54. The zero-order valence-corrected chi connectivity index (χ0v) is 22.7. The number of carbonyl (C=O) groups is 4. The van der Waals surface area contributed by atoms with Gasteiger partial charge in [-0.2, -0.15) is 0 Å². The van der Waals surface area contributed by atoms with Crippen LogP contribution in [0.2, 0.25) is 0 Å². The van der Waals surface area contributed by atoms with E-state index in [2.05, 4.69) is 10.6 Å². The minimum absolute atomic E-state index is 0.0333. The second kappa shape index (κ2) is 10.7. The van der Waals surface area contributed by atoms with Crippen LogP contribution in [0.1, 0.15) is 83.5 Å². The van der Waals surface area contributed by atoms with Gasteiger partial charge in [-0.15, -0.1) is 0 Å². The number of alkyl halides is 2. The Hall–Kier alpha value is -2.14.